The molecular weight excluding hydrogens is 455 g/mol. The van der Waals surface area contributed by atoms with Gasteiger partial charge in [-0.25, -0.2) is 4.98 Å². The highest BCUT2D eigenvalue weighted by atomic mass is 32.1. The van der Waals surface area contributed by atoms with Gasteiger partial charge in [0.2, 0.25) is 0 Å². The van der Waals surface area contributed by atoms with Crippen molar-refractivity contribution in [3.8, 4) is 10.6 Å². The second-order valence-electron chi connectivity index (χ2n) is 7.08. The lowest BCUT2D eigenvalue weighted by Gasteiger charge is -2.15. The van der Waals surface area contributed by atoms with E-state index in [1.54, 1.807) is 0 Å². The number of rotatable bonds is 5. The summed E-state index contributed by atoms with van der Waals surface area (Å²) in [6.45, 7) is 1.94. The van der Waals surface area contributed by atoms with Gasteiger partial charge in [-0.1, -0.05) is 29.8 Å². The number of thiazole rings is 1. The van der Waals surface area contributed by atoms with Crippen molar-refractivity contribution >= 4 is 34.5 Å². The van der Waals surface area contributed by atoms with E-state index >= 15 is 0 Å². The molecule has 4 rings (SSSR count). The quantitative estimate of drug-likeness (QED) is 0.361. The van der Waals surface area contributed by atoms with Crippen LogP contribution in [0.2, 0.25) is 0 Å². The molecule has 10 heteroatoms. The Hall–Kier alpha value is -3.92. The first-order chi connectivity index (χ1) is 15.7. The van der Waals surface area contributed by atoms with Gasteiger partial charge in [0.1, 0.15) is 17.0 Å². The summed E-state index contributed by atoms with van der Waals surface area (Å²) in [6, 6.07) is 12.0. The van der Waals surface area contributed by atoms with Gasteiger partial charge in [0.25, 0.3) is 11.8 Å². The highest BCUT2D eigenvalue weighted by molar-refractivity contribution is 7.13. The first-order valence-corrected chi connectivity index (χ1v) is 10.5. The Balaban J connectivity index is 1.55. The third-order valence-electron chi connectivity index (χ3n) is 4.65. The van der Waals surface area contributed by atoms with E-state index in [2.05, 4.69) is 15.6 Å². The molecular formula is C23H16F3N3O3S. The van der Waals surface area contributed by atoms with Crippen LogP contribution in [0.15, 0.2) is 70.9 Å². The van der Waals surface area contributed by atoms with Gasteiger partial charge in [0.05, 0.1) is 23.1 Å². The molecule has 2 heterocycles. The number of anilines is 2. The second kappa shape index (κ2) is 8.91. The number of nitrogens with zero attached hydrogens (tertiary/aromatic N) is 1. The molecule has 0 spiro atoms. The van der Waals surface area contributed by atoms with Crippen LogP contribution in [0.3, 0.4) is 0 Å². The molecule has 2 amide bonds. The van der Waals surface area contributed by atoms with Gasteiger partial charge >= 0.3 is 6.18 Å². The molecule has 33 heavy (non-hydrogen) atoms. The zero-order valence-electron chi connectivity index (χ0n) is 17.1. The maximum absolute atomic E-state index is 13.7. The molecule has 0 bridgehead atoms. The molecule has 0 aliphatic rings. The smallest absolute Gasteiger partial charge is 0.418 e. The van der Waals surface area contributed by atoms with Gasteiger partial charge in [0, 0.05) is 16.6 Å². The molecule has 0 saturated carbocycles. The number of nitrogens with one attached hydrogen (secondary N) is 2. The van der Waals surface area contributed by atoms with E-state index in [9.17, 15) is 22.8 Å². The maximum Gasteiger partial charge on any atom is 0.418 e. The summed E-state index contributed by atoms with van der Waals surface area (Å²) in [5, 5.41) is 6.71. The molecule has 0 unspecified atom stereocenters. The van der Waals surface area contributed by atoms with E-state index in [4.69, 9.17) is 4.42 Å². The molecule has 0 aliphatic carbocycles. The number of hydrogen-bond donors (Lipinski definition) is 2. The van der Waals surface area contributed by atoms with Gasteiger partial charge in [0.15, 0.2) is 0 Å². The number of aryl methyl sites for hydroxylation is 1. The predicted octanol–water partition coefficient (Wildman–Crippen LogP) is 6.23. The van der Waals surface area contributed by atoms with Crippen LogP contribution in [0.5, 0.6) is 0 Å². The lowest BCUT2D eigenvalue weighted by Crippen LogP contribution is -2.18. The molecule has 0 radical (unpaired) electrons. The zero-order chi connectivity index (χ0) is 23.6. The van der Waals surface area contributed by atoms with Crippen molar-refractivity contribution in [3.63, 3.8) is 0 Å². The minimum atomic E-state index is -4.77. The minimum absolute atomic E-state index is 0.000960. The van der Waals surface area contributed by atoms with Crippen LogP contribution in [0.4, 0.5) is 24.5 Å². The van der Waals surface area contributed by atoms with Gasteiger partial charge in [-0.2, -0.15) is 13.2 Å². The molecule has 0 atom stereocenters. The molecule has 2 aromatic heterocycles. The van der Waals surface area contributed by atoms with E-state index in [-0.39, 0.29) is 16.9 Å². The SMILES string of the molecule is Cc1ccc(-c2nc(C(=O)Nc3ccc(NC(=O)c4ccoc4)cc3C(F)(F)F)cs2)cc1. The molecule has 0 fully saturated rings. The number of furan rings is 1. The molecule has 0 aliphatic heterocycles. The van der Waals surface area contributed by atoms with Gasteiger partial charge in [-0.05, 0) is 31.2 Å². The Labute approximate surface area is 190 Å². The summed E-state index contributed by atoms with van der Waals surface area (Å²) in [6.07, 6.45) is -2.32. The fraction of sp³-hybridized carbons (Fsp3) is 0.0870. The summed E-state index contributed by atoms with van der Waals surface area (Å²) in [7, 11) is 0. The van der Waals surface area contributed by atoms with Crippen LogP contribution in [-0.4, -0.2) is 16.8 Å². The van der Waals surface area contributed by atoms with Crippen LogP contribution in [0.25, 0.3) is 10.6 Å². The van der Waals surface area contributed by atoms with Crippen molar-refractivity contribution in [3.05, 3.63) is 88.8 Å². The van der Waals surface area contributed by atoms with Crippen molar-refractivity contribution in [2.75, 3.05) is 10.6 Å². The first-order valence-electron chi connectivity index (χ1n) is 9.59. The monoisotopic (exact) mass is 471 g/mol. The Bertz CT molecular complexity index is 1300. The Morgan fingerprint density at radius 2 is 1.76 bits per heavy atom. The number of carbonyl (C=O) groups is 2. The van der Waals surface area contributed by atoms with Gasteiger partial charge in [-0.15, -0.1) is 11.3 Å². The fourth-order valence-electron chi connectivity index (χ4n) is 2.96. The summed E-state index contributed by atoms with van der Waals surface area (Å²) < 4.78 is 45.8. The highest BCUT2D eigenvalue weighted by Crippen LogP contribution is 2.37. The largest absolute Gasteiger partial charge is 0.472 e. The summed E-state index contributed by atoms with van der Waals surface area (Å²) in [5.74, 6) is -1.40. The predicted molar refractivity (Wildman–Crippen MR) is 118 cm³/mol. The van der Waals surface area contributed by atoms with E-state index in [1.165, 1.54) is 41.4 Å². The van der Waals surface area contributed by atoms with Crippen molar-refractivity contribution in [1.29, 1.82) is 0 Å². The average Bonchev–Trinajstić information content (AvgIpc) is 3.47. The second-order valence-corrected chi connectivity index (χ2v) is 7.94. The number of carbonyl (C=O) groups excluding carboxylic acids is 2. The van der Waals surface area contributed by atoms with E-state index in [0.29, 0.717) is 5.01 Å². The summed E-state index contributed by atoms with van der Waals surface area (Å²) >= 11 is 1.22. The maximum atomic E-state index is 13.7. The van der Waals surface area contributed by atoms with Crippen LogP contribution < -0.4 is 10.6 Å². The molecule has 2 aromatic carbocycles. The van der Waals surface area contributed by atoms with Crippen molar-refractivity contribution in [1.82, 2.24) is 4.98 Å². The Morgan fingerprint density at radius 3 is 2.42 bits per heavy atom. The Morgan fingerprint density at radius 1 is 1.00 bits per heavy atom. The molecule has 0 saturated heterocycles. The lowest BCUT2D eigenvalue weighted by atomic mass is 10.1. The van der Waals surface area contributed by atoms with E-state index < -0.39 is 29.2 Å². The number of hydrogen-bond acceptors (Lipinski definition) is 5. The van der Waals surface area contributed by atoms with Crippen molar-refractivity contribution < 1.29 is 27.2 Å². The van der Waals surface area contributed by atoms with E-state index in [1.807, 2.05) is 31.2 Å². The number of aromatic nitrogens is 1. The third-order valence-corrected chi connectivity index (χ3v) is 5.54. The molecule has 4 aromatic rings. The lowest BCUT2D eigenvalue weighted by molar-refractivity contribution is -0.136. The van der Waals surface area contributed by atoms with Crippen molar-refractivity contribution in [2.45, 2.75) is 13.1 Å². The van der Waals surface area contributed by atoms with Gasteiger partial charge in [-0.3, -0.25) is 9.59 Å². The zero-order valence-corrected chi connectivity index (χ0v) is 17.9. The Kier molecular flexibility index (Phi) is 6.01. The van der Waals surface area contributed by atoms with Gasteiger partial charge < -0.3 is 15.1 Å². The standard InChI is InChI=1S/C23H16F3N3O3S/c1-13-2-4-14(5-3-13)22-29-19(12-33-22)21(31)28-18-7-6-16(10-17(18)23(24,25)26)27-20(30)15-8-9-32-11-15/h2-12H,1H3,(H,27,30)(H,28,31). The third kappa shape index (κ3) is 5.12. The number of alkyl halides is 3. The van der Waals surface area contributed by atoms with Crippen LogP contribution in [0.1, 0.15) is 32.0 Å². The highest BCUT2D eigenvalue weighted by Gasteiger charge is 2.34. The number of benzene rings is 2. The van der Waals surface area contributed by atoms with Crippen LogP contribution >= 0.6 is 11.3 Å². The van der Waals surface area contributed by atoms with Crippen molar-refractivity contribution in [2.24, 2.45) is 0 Å². The fourth-order valence-corrected chi connectivity index (χ4v) is 3.76. The normalized spacial score (nSPS) is 11.3. The summed E-state index contributed by atoms with van der Waals surface area (Å²) in [4.78, 5) is 28.9. The number of amides is 2. The number of halogens is 3. The molecule has 6 nitrogen and oxygen atoms in total. The van der Waals surface area contributed by atoms with Crippen LogP contribution in [-0.2, 0) is 6.18 Å². The molecule has 2 N–H and O–H groups in total. The van der Waals surface area contributed by atoms with Crippen LogP contribution in [0, 0.1) is 6.92 Å². The first kappa shape index (κ1) is 22.3. The average molecular weight is 471 g/mol. The van der Waals surface area contributed by atoms with E-state index in [0.717, 1.165) is 23.3 Å². The minimum Gasteiger partial charge on any atom is -0.472 e. The topological polar surface area (TPSA) is 84.2 Å². The summed E-state index contributed by atoms with van der Waals surface area (Å²) in [5.41, 5.74) is 0.404. The molecule has 168 valence electrons.